The van der Waals surface area contributed by atoms with Crippen LogP contribution in [0.5, 0.6) is 0 Å². The van der Waals surface area contributed by atoms with E-state index in [0.29, 0.717) is 12.1 Å². The fraction of sp³-hybridized carbons (Fsp3) is 0.667. The van der Waals surface area contributed by atoms with Crippen molar-refractivity contribution >= 4 is 27.3 Å². The van der Waals surface area contributed by atoms with Gasteiger partial charge in [0.1, 0.15) is 5.01 Å². The molecule has 0 bridgehead atoms. The third-order valence-electron chi connectivity index (χ3n) is 2.28. The van der Waals surface area contributed by atoms with E-state index in [-0.39, 0.29) is 0 Å². The second-order valence-corrected chi connectivity index (χ2v) is 5.89. The van der Waals surface area contributed by atoms with Crippen LogP contribution in [0.2, 0.25) is 0 Å². The maximum absolute atomic E-state index is 5.31. The molecule has 0 radical (unpaired) electrons. The normalized spacial score (nSPS) is 24.0. The van der Waals surface area contributed by atoms with E-state index < -0.39 is 0 Å². The first-order chi connectivity index (χ1) is 6.75. The Kier molecular flexibility index (Phi) is 3.54. The molecule has 14 heavy (non-hydrogen) atoms. The highest BCUT2D eigenvalue weighted by molar-refractivity contribution is 9.11. The highest BCUT2D eigenvalue weighted by atomic mass is 79.9. The molecule has 1 N–H and O–H groups in total. The largest absolute Gasteiger partial charge is 0.380 e. The molecular weight excluding hydrogens is 264 g/mol. The predicted octanol–water partition coefficient (Wildman–Crippen LogP) is 2.35. The van der Waals surface area contributed by atoms with Gasteiger partial charge in [-0.15, -0.1) is 11.3 Å². The monoisotopic (exact) mass is 276 g/mol. The zero-order chi connectivity index (χ0) is 9.97. The lowest BCUT2D eigenvalue weighted by molar-refractivity contribution is 0.188. The van der Waals surface area contributed by atoms with Crippen molar-refractivity contribution in [3.63, 3.8) is 0 Å². The Morgan fingerprint density at radius 2 is 2.64 bits per heavy atom. The van der Waals surface area contributed by atoms with Gasteiger partial charge in [0.15, 0.2) is 0 Å². The number of thiazole rings is 1. The topological polar surface area (TPSA) is 34.1 Å². The van der Waals surface area contributed by atoms with Crippen LogP contribution in [0.1, 0.15) is 24.4 Å². The van der Waals surface area contributed by atoms with Crippen LogP contribution in [0.3, 0.4) is 0 Å². The smallest absolute Gasteiger partial charge is 0.110 e. The zero-order valence-corrected chi connectivity index (χ0v) is 10.4. The highest BCUT2D eigenvalue weighted by Crippen LogP contribution is 2.24. The molecule has 1 aliphatic rings. The SMILES string of the molecule is CC(NC1CCOC1)c1ncc(Br)s1. The summed E-state index contributed by atoms with van der Waals surface area (Å²) in [5, 5.41) is 4.64. The molecule has 1 aromatic heterocycles. The van der Waals surface area contributed by atoms with Crippen molar-refractivity contribution < 1.29 is 4.74 Å². The Morgan fingerprint density at radius 3 is 3.21 bits per heavy atom. The maximum Gasteiger partial charge on any atom is 0.110 e. The van der Waals surface area contributed by atoms with Crippen molar-refractivity contribution in [1.82, 2.24) is 10.3 Å². The first-order valence-corrected chi connectivity index (χ1v) is 6.31. The first kappa shape index (κ1) is 10.5. The molecule has 0 spiro atoms. The van der Waals surface area contributed by atoms with Crippen LogP contribution in [0.25, 0.3) is 0 Å². The van der Waals surface area contributed by atoms with Crippen LogP contribution in [0, 0.1) is 0 Å². The van der Waals surface area contributed by atoms with E-state index in [2.05, 4.69) is 33.2 Å². The van der Waals surface area contributed by atoms with Gasteiger partial charge in [-0.2, -0.15) is 0 Å². The number of hydrogen-bond donors (Lipinski definition) is 1. The Bertz CT molecular complexity index is 299. The van der Waals surface area contributed by atoms with Crippen molar-refractivity contribution in [3.8, 4) is 0 Å². The summed E-state index contributed by atoms with van der Waals surface area (Å²) < 4.78 is 6.40. The quantitative estimate of drug-likeness (QED) is 0.920. The van der Waals surface area contributed by atoms with E-state index in [9.17, 15) is 0 Å². The minimum absolute atomic E-state index is 0.318. The molecule has 2 atom stereocenters. The van der Waals surface area contributed by atoms with Gasteiger partial charge in [-0.3, -0.25) is 0 Å². The Morgan fingerprint density at radius 1 is 1.79 bits per heavy atom. The summed E-state index contributed by atoms with van der Waals surface area (Å²) in [6, 6.07) is 0.811. The fourth-order valence-corrected chi connectivity index (χ4v) is 2.81. The summed E-state index contributed by atoms with van der Waals surface area (Å²) in [6.45, 7) is 3.85. The van der Waals surface area contributed by atoms with E-state index in [1.54, 1.807) is 11.3 Å². The van der Waals surface area contributed by atoms with Gasteiger partial charge in [0.2, 0.25) is 0 Å². The van der Waals surface area contributed by atoms with E-state index in [0.717, 1.165) is 28.4 Å². The van der Waals surface area contributed by atoms with Crippen LogP contribution in [-0.4, -0.2) is 24.2 Å². The number of nitrogens with zero attached hydrogens (tertiary/aromatic N) is 1. The molecule has 0 amide bonds. The molecule has 5 heteroatoms. The minimum atomic E-state index is 0.318. The summed E-state index contributed by atoms with van der Waals surface area (Å²) in [6.07, 6.45) is 2.96. The summed E-state index contributed by atoms with van der Waals surface area (Å²) in [7, 11) is 0. The van der Waals surface area contributed by atoms with Gasteiger partial charge < -0.3 is 10.1 Å². The fourth-order valence-electron chi connectivity index (χ4n) is 1.56. The molecule has 78 valence electrons. The van der Waals surface area contributed by atoms with E-state index in [1.807, 2.05) is 6.20 Å². The van der Waals surface area contributed by atoms with Crippen molar-refractivity contribution in [3.05, 3.63) is 15.0 Å². The summed E-state index contributed by atoms with van der Waals surface area (Å²) in [4.78, 5) is 4.33. The Hall–Kier alpha value is 0.0300. The third-order valence-corrected chi connectivity index (χ3v) is 3.94. The molecule has 1 aromatic rings. The number of aromatic nitrogens is 1. The van der Waals surface area contributed by atoms with Crippen molar-refractivity contribution in [2.24, 2.45) is 0 Å². The molecule has 2 heterocycles. The number of halogens is 1. The first-order valence-electron chi connectivity index (χ1n) is 4.70. The molecule has 1 fully saturated rings. The standard InChI is InChI=1S/C9H13BrN2OS/c1-6(9-11-4-8(10)14-9)12-7-2-3-13-5-7/h4,6-7,12H,2-3,5H2,1H3. The van der Waals surface area contributed by atoms with E-state index in [1.165, 1.54) is 0 Å². The van der Waals surface area contributed by atoms with Crippen LogP contribution in [-0.2, 0) is 4.74 Å². The second kappa shape index (κ2) is 4.70. The van der Waals surface area contributed by atoms with Crippen molar-refractivity contribution in [1.29, 1.82) is 0 Å². The maximum atomic E-state index is 5.31. The van der Waals surface area contributed by atoms with Gasteiger partial charge in [0.25, 0.3) is 0 Å². The summed E-state index contributed by atoms with van der Waals surface area (Å²) in [5.74, 6) is 0. The number of rotatable bonds is 3. The minimum Gasteiger partial charge on any atom is -0.380 e. The van der Waals surface area contributed by atoms with E-state index >= 15 is 0 Å². The molecule has 3 nitrogen and oxygen atoms in total. The van der Waals surface area contributed by atoms with Gasteiger partial charge in [-0.25, -0.2) is 4.98 Å². The molecule has 2 unspecified atom stereocenters. The lowest BCUT2D eigenvalue weighted by Crippen LogP contribution is -2.31. The average Bonchev–Trinajstić information content (AvgIpc) is 2.75. The lowest BCUT2D eigenvalue weighted by atomic mass is 10.2. The zero-order valence-electron chi connectivity index (χ0n) is 8.00. The summed E-state index contributed by atoms with van der Waals surface area (Å²) >= 11 is 5.10. The Labute approximate surface area is 96.0 Å². The number of nitrogens with one attached hydrogen (secondary N) is 1. The molecule has 0 aromatic carbocycles. The van der Waals surface area contributed by atoms with Crippen molar-refractivity contribution in [2.75, 3.05) is 13.2 Å². The van der Waals surface area contributed by atoms with Crippen LogP contribution < -0.4 is 5.32 Å². The van der Waals surface area contributed by atoms with Gasteiger partial charge in [0, 0.05) is 12.6 Å². The molecular formula is C9H13BrN2OS. The highest BCUT2D eigenvalue weighted by Gasteiger charge is 2.19. The average molecular weight is 277 g/mol. The van der Waals surface area contributed by atoms with E-state index in [4.69, 9.17) is 4.74 Å². The van der Waals surface area contributed by atoms with Gasteiger partial charge in [0.05, 0.1) is 22.6 Å². The van der Waals surface area contributed by atoms with Crippen molar-refractivity contribution in [2.45, 2.75) is 25.4 Å². The summed E-state index contributed by atoms with van der Waals surface area (Å²) in [5.41, 5.74) is 0. The van der Waals surface area contributed by atoms with Gasteiger partial charge >= 0.3 is 0 Å². The molecule has 2 rings (SSSR count). The lowest BCUT2D eigenvalue weighted by Gasteiger charge is -2.15. The van der Waals surface area contributed by atoms with Gasteiger partial charge in [-0.1, -0.05) is 0 Å². The number of ether oxygens (including phenoxy) is 1. The molecule has 1 aliphatic heterocycles. The van der Waals surface area contributed by atoms with Gasteiger partial charge in [-0.05, 0) is 29.3 Å². The molecule has 1 saturated heterocycles. The van der Waals surface area contributed by atoms with Crippen LogP contribution >= 0.6 is 27.3 Å². The predicted molar refractivity (Wildman–Crippen MR) is 60.6 cm³/mol. The molecule has 0 aliphatic carbocycles. The molecule has 0 saturated carbocycles. The second-order valence-electron chi connectivity index (χ2n) is 3.45. The Balaban J connectivity index is 1.91. The number of hydrogen-bond acceptors (Lipinski definition) is 4. The third kappa shape index (κ3) is 2.53. The van der Waals surface area contributed by atoms with Crippen LogP contribution in [0.4, 0.5) is 0 Å². The van der Waals surface area contributed by atoms with Crippen LogP contribution in [0.15, 0.2) is 9.98 Å².